The van der Waals surface area contributed by atoms with Crippen LogP contribution in [-0.2, 0) is 4.79 Å². The monoisotopic (exact) mass is 259 g/mol. The van der Waals surface area contributed by atoms with Gasteiger partial charge in [0.25, 0.3) is 0 Å². The summed E-state index contributed by atoms with van der Waals surface area (Å²) in [6.07, 6.45) is 1.15. The Hall–Kier alpha value is -1.30. The van der Waals surface area contributed by atoms with E-state index in [2.05, 4.69) is 10.6 Å². The van der Waals surface area contributed by atoms with Gasteiger partial charge in [-0.05, 0) is 47.3 Å². The molecule has 6 nitrogen and oxygen atoms in total. The minimum absolute atomic E-state index is 0.00213. The maximum Gasteiger partial charge on any atom is 0.329 e. The van der Waals surface area contributed by atoms with Gasteiger partial charge >= 0.3 is 12.0 Å². The van der Waals surface area contributed by atoms with E-state index >= 15 is 0 Å². The largest absolute Gasteiger partial charge is 0.480 e. The Morgan fingerprint density at radius 3 is 2.33 bits per heavy atom. The summed E-state index contributed by atoms with van der Waals surface area (Å²) in [5.41, 5.74) is -1.22. The van der Waals surface area contributed by atoms with E-state index in [4.69, 9.17) is 5.11 Å². The molecule has 2 atom stereocenters. The summed E-state index contributed by atoms with van der Waals surface area (Å²) >= 11 is 0. The number of carboxylic acids is 1. The predicted molar refractivity (Wildman–Crippen MR) is 70.6 cm³/mol. The van der Waals surface area contributed by atoms with Crippen molar-refractivity contribution >= 4 is 12.0 Å². The van der Waals surface area contributed by atoms with Crippen LogP contribution in [-0.4, -0.2) is 54.2 Å². The molecule has 0 aliphatic rings. The van der Waals surface area contributed by atoms with Crippen LogP contribution in [0.5, 0.6) is 0 Å². The highest BCUT2D eigenvalue weighted by atomic mass is 16.4. The SMILES string of the molecule is CCC(C)(NC(=O)NC(C)CCN(C)C)C(=O)O. The second-order valence-corrected chi connectivity index (χ2v) is 5.08. The molecule has 0 aromatic carbocycles. The second-order valence-electron chi connectivity index (χ2n) is 5.08. The number of aliphatic carboxylic acids is 1. The zero-order chi connectivity index (χ0) is 14.3. The van der Waals surface area contributed by atoms with Gasteiger partial charge in [-0.3, -0.25) is 0 Å². The van der Waals surface area contributed by atoms with E-state index in [0.717, 1.165) is 13.0 Å². The van der Waals surface area contributed by atoms with E-state index in [0.29, 0.717) is 6.42 Å². The number of nitrogens with one attached hydrogen (secondary N) is 2. The van der Waals surface area contributed by atoms with Gasteiger partial charge in [0.2, 0.25) is 0 Å². The molecule has 0 heterocycles. The molecule has 106 valence electrons. The van der Waals surface area contributed by atoms with Gasteiger partial charge in [0.15, 0.2) is 0 Å². The van der Waals surface area contributed by atoms with Crippen LogP contribution in [0.2, 0.25) is 0 Å². The van der Waals surface area contributed by atoms with Crippen LogP contribution in [0.1, 0.15) is 33.6 Å². The maximum atomic E-state index is 11.7. The zero-order valence-electron chi connectivity index (χ0n) is 11.9. The number of rotatable bonds is 7. The number of nitrogens with zero attached hydrogens (tertiary/aromatic N) is 1. The summed E-state index contributed by atoms with van der Waals surface area (Å²) in [5, 5.41) is 14.3. The van der Waals surface area contributed by atoms with Crippen molar-refractivity contribution in [3.63, 3.8) is 0 Å². The minimum Gasteiger partial charge on any atom is -0.480 e. The first-order chi connectivity index (χ1) is 8.21. The summed E-state index contributed by atoms with van der Waals surface area (Å²) in [5.74, 6) is -1.03. The summed E-state index contributed by atoms with van der Waals surface area (Å²) < 4.78 is 0. The number of carbonyl (C=O) groups is 2. The Kier molecular flexibility index (Phi) is 6.68. The number of hydrogen-bond donors (Lipinski definition) is 3. The standard InChI is InChI=1S/C12H25N3O3/c1-6-12(3,10(16)17)14-11(18)13-9(2)7-8-15(4)5/h9H,6-8H2,1-5H3,(H,16,17)(H2,13,14,18). The van der Waals surface area contributed by atoms with Gasteiger partial charge in [-0.15, -0.1) is 0 Å². The van der Waals surface area contributed by atoms with Gasteiger partial charge in [0, 0.05) is 6.04 Å². The number of carboxylic acid groups (broad SMARTS) is 1. The van der Waals surface area contributed by atoms with E-state index in [-0.39, 0.29) is 6.04 Å². The van der Waals surface area contributed by atoms with Gasteiger partial charge in [0.1, 0.15) is 5.54 Å². The molecule has 0 aromatic rings. The molecule has 0 saturated heterocycles. The van der Waals surface area contributed by atoms with Crippen molar-refractivity contribution < 1.29 is 14.7 Å². The molecular weight excluding hydrogens is 234 g/mol. The normalized spacial score (nSPS) is 15.9. The van der Waals surface area contributed by atoms with Crippen molar-refractivity contribution in [2.45, 2.75) is 45.2 Å². The Labute approximate surface area is 109 Å². The van der Waals surface area contributed by atoms with Gasteiger partial charge in [-0.25, -0.2) is 9.59 Å². The Morgan fingerprint density at radius 1 is 1.39 bits per heavy atom. The molecule has 0 spiro atoms. The Balaban J connectivity index is 4.21. The molecule has 0 aromatic heterocycles. The second kappa shape index (κ2) is 7.20. The Bertz CT molecular complexity index is 294. The van der Waals surface area contributed by atoms with Crippen molar-refractivity contribution in [2.24, 2.45) is 0 Å². The molecule has 3 N–H and O–H groups in total. The third kappa shape index (κ3) is 5.86. The fourth-order valence-electron chi connectivity index (χ4n) is 1.33. The summed E-state index contributed by atoms with van der Waals surface area (Å²) in [6, 6.07) is -0.435. The third-order valence-electron chi connectivity index (χ3n) is 2.96. The molecule has 0 bridgehead atoms. The molecule has 18 heavy (non-hydrogen) atoms. The first-order valence-corrected chi connectivity index (χ1v) is 6.18. The van der Waals surface area contributed by atoms with Crippen LogP contribution < -0.4 is 10.6 Å². The molecule has 0 saturated carbocycles. The third-order valence-corrected chi connectivity index (χ3v) is 2.96. The van der Waals surface area contributed by atoms with E-state index in [1.54, 1.807) is 6.92 Å². The number of amides is 2. The quantitative estimate of drug-likeness (QED) is 0.634. The molecule has 2 unspecified atom stereocenters. The smallest absolute Gasteiger partial charge is 0.329 e. The van der Waals surface area contributed by atoms with E-state index in [9.17, 15) is 9.59 Å². The molecule has 0 radical (unpaired) electrons. The van der Waals surface area contributed by atoms with Gasteiger partial charge in [0.05, 0.1) is 0 Å². The molecule has 0 aliphatic carbocycles. The van der Waals surface area contributed by atoms with Crippen molar-refractivity contribution in [1.29, 1.82) is 0 Å². The first kappa shape index (κ1) is 16.7. The topological polar surface area (TPSA) is 81.7 Å². The van der Waals surface area contributed by atoms with E-state index in [1.807, 2.05) is 25.9 Å². The van der Waals surface area contributed by atoms with Crippen LogP contribution in [0.4, 0.5) is 4.79 Å². The highest BCUT2D eigenvalue weighted by Gasteiger charge is 2.32. The fraction of sp³-hybridized carbons (Fsp3) is 0.833. The van der Waals surface area contributed by atoms with Crippen molar-refractivity contribution in [1.82, 2.24) is 15.5 Å². The molecule has 0 rings (SSSR count). The van der Waals surface area contributed by atoms with Gasteiger partial charge in [-0.1, -0.05) is 6.92 Å². The highest BCUT2D eigenvalue weighted by Crippen LogP contribution is 2.08. The van der Waals surface area contributed by atoms with E-state index < -0.39 is 17.5 Å². The van der Waals surface area contributed by atoms with Crippen molar-refractivity contribution in [3.8, 4) is 0 Å². The lowest BCUT2D eigenvalue weighted by atomic mass is 10.00. The van der Waals surface area contributed by atoms with Crippen LogP contribution >= 0.6 is 0 Å². The first-order valence-electron chi connectivity index (χ1n) is 6.18. The average Bonchev–Trinajstić information content (AvgIpc) is 2.25. The average molecular weight is 259 g/mol. The molecular formula is C12H25N3O3. The summed E-state index contributed by atoms with van der Waals surface area (Å²) in [7, 11) is 3.93. The van der Waals surface area contributed by atoms with Crippen LogP contribution in [0.15, 0.2) is 0 Å². The predicted octanol–water partition coefficient (Wildman–Crippen LogP) is 0.879. The van der Waals surface area contributed by atoms with Crippen LogP contribution in [0.25, 0.3) is 0 Å². The molecule has 6 heteroatoms. The van der Waals surface area contributed by atoms with Crippen molar-refractivity contribution in [3.05, 3.63) is 0 Å². The van der Waals surface area contributed by atoms with Crippen LogP contribution in [0, 0.1) is 0 Å². The molecule has 0 fully saturated rings. The lowest BCUT2D eigenvalue weighted by Gasteiger charge is -2.26. The van der Waals surface area contributed by atoms with Gasteiger partial charge in [-0.2, -0.15) is 0 Å². The molecule has 0 aliphatic heterocycles. The fourth-order valence-corrected chi connectivity index (χ4v) is 1.33. The summed E-state index contributed by atoms with van der Waals surface area (Å²) in [4.78, 5) is 24.7. The van der Waals surface area contributed by atoms with Gasteiger partial charge < -0.3 is 20.6 Å². The lowest BCUT2D eigenvalue weighted by Crippen LogP contribution is -2.56. The lowest BCUT2D eigenvalue weighted by molar-refractivity contribution is -0.143. The highest BCUT2D eigenvalue weighted by molar-refractivity contribution is 5.85. The maximum absolute atomic E-state index is 11.7. The van der Waals surface area contributed by atoms with Crippen molar-refractivity contribution in [2.75, 3.05) is 20.6 Å². The summed E-state index contributed by atoms with van der Waals surface area (Å²) in [6.45, 7) is 5.99. The molecule has 2 amide bonds. The number of carbonyl (C=O) groups excluding carboxylic acids is 1. The minimum atomic E-state index is -1.22. The zero-order valence-corrected chi connectivity index (χ0v) is 11.9. The Morgan fingerprint density at radius 2 is 1.94 bits per heavy atom. The number of urea groups is 1. The number of hydrogen-bond acceptors (Lipinski definition) is 3. The van der Waals surface area contributed by atoms with E-state index in [1.165, 1.54) is 6.92 Å². The van der Waals surface area contributed by atoms with Crippen LogP contribution in [0.3, 0.4) is 0 Å².